The van der Waals surface area contributed by atoms with Crippen LogP contribution < -0.4 is 5.32 Å². The molecular weight excluding hydrogens is 230 g/mol. The van der Waals surface area contributed by atoms with Crippen molar-refractivity contribution in [3.8, 4) is 0 Å². The molecule has 4 nitrogen and oxygen atoms in total. The molecule has 4 heteroatoms. The van der Waals surface area contributed by atoms with Gasteiger partial charge in [-0.25, -0.2) is 4.79 Å². The third-order valence-corrected chi connectivity index (χ3v) is 3.32. The second-order valence-corrected chi connectivity index (χ2v) is 4.86. The Kier molecular flexibility index (Phi) is 3.87. The van der Waals surface area contributed by atoms with Crippen LogP contribution in [-0.4, -0.2) is 29.8 Å². The fourth-order valence-corrected chi connectivity index (χ4v) is 2.20. The number of hydrogen-bond donors (Lipinski definition) is 2. The predicted molar refractivity (Wildman–Crippen MR) is 70.2 cm³/mol. The maximum atomic E-state index is 10.9. The molecule has 2 rings (SSSR count). The van der Waals surface area contributed by atoms with Crippen molar-refractivity contribution in [2.45, 2.75) is 38.9 Å². The third kappa shape index (κ3) is 3.01. The van der Waals surface area contributed by atoms with Crippen molar-refractivity contribution >= 4 is 11.7 Å². The molecule has 2 unspecified atom stereocenters. The largest absolute Gasteiger partial charge is 0.478 e. The number of aryl methyl sites for hydroxylation is 1. The normalized spacial score (nSPS) is 23.0. The van der Waals surface area contributed by atoms with E-state index >= 15 is 0 Å². The van der Waals surface area contributed by atoms with E-state index in [1.165, 1.54) is 0 Å². The van der Waals surface area contributed by atoms with Gasteiger partial charge < -0.3 is 15.2 Å². The summed E-state index contributed by atoms with van der Waals surface area (Å²) in [6, 6.07) is 5.12. The van der Waals surface area contributed by atoms with Crippen LogP contribution in [0.3, 0.4) is 0 Å². The zero-order chi connectivity index (χ0) is 13.1. The molecule has 1 aromatic rings. The molecule has 1 aromatic carbocycles. The first kappa shape index (κ1) is 12.9. The molecule has 0 aliphatic carbocycles. The second-order valence-electron chi connectivity index (χ2n) is 4.86. The SMILES string of the molecule is Cc1ccc(C(=O)O)cc1NCC1CCC(C)O1. The Bertz CT molecular complexity index is 445. The van der Waals surface area contributed by atoms with E-state index in [1.807, 2.05) is 13.0 Å². The Morgan fingerprint density at radius 2 is 2.28 bits per heavy atom. The van der Waals surface area contributed by atoms with Gasteiger partial charge >= 0.3 is 5.97 Å². The number of carbonyl (C=O) groups is 1. The van der Waals surface area contributed by atoms with Crippen LogP contribution in [0.5, 0.6) is 0 Å². The van der Waals surface area contributed by atoms with Gasteiger partial charge in [-0.2, -0.15) is 0 Å². The van der Waals surface area contributed by atoms with Crippen LogP contribution in [0, 0.1) is 6.92 Å². The van der Waals surface area contributed by atoms with Crippen molar-refractivity contribution in [1.82, 2.24) is 0 Å². The van der Waals surface area contributed by atoms with Crippen molar-refractivity contribution in [2.75, 3.05) is 11.9 Å². The van der Waals surface area contributed by atoms with E-state index in [2.05, 4.69) is 12.2 Å². The standard InChI is InChI=1S/C14H19NO3/c1-9-3-5-11(14(16)17)7-13(9)15-8-12-6-4-10(2)18-12/h3,5,7,10,12,15H,4,6,8H2,1-2H3,(H,16,17). The fraction of sp³-hybridized carbons (Fsp3) is 0.500. The molecule has 1 saturated heterocycles. The molecule has 98 valence electrons. The van der Waals surface area contributed by atoms with E-state index in [9.17, 15) is 4.79 Å². The highest BCUT2D eigenvalue weighted by atomic mass is 16.5. The number of anilines is 1. The Labute approximate surface area is 107 Å². The monoisotopic (exact) mass is 249 g/mol. The van der Waals surface area contributed by atoms with Gasteiger partial charge in [0.1, 0.15) is 0 Å². The first-order valence-electron chi connectivity index (χ1n) is 6.29. The maximum absolute atomic E-state index is 10.9. The molecule has 1 fully saturated rings. The summed E-state index contributed by atoms with van der Waals surface area (Å²) >= 11 is 0. The molecular formula is C14H19NO3. The summed E-state index contributed by atoms with van der Waals surface area (Å²) in [6.07, 6.45) is 2.72. The summed E-state index contributed by atoms with van der Waals surface area (Å²) < 4.78 is 5.72. The molecule has 0 amide bonds. The van der Waals surface area contributed by atoms with Gasteiger partial charge in [0.05, 0.1) is 17.8 Å². The van der Waals surface area contributed by atoms with E-state index < -0.39 is 5.97 Å². The van der Waals surface area contributed by atoms with Gasteiger partial charge in [0, 0.05) is 12.2 Å². The Morgan fingerprint density at radius 1 is 1.50 bits per heavy atom. The predicted octanol–water partition coefficient (Wildman–Crippen LogP) is 2.67. The molecule has 0 radical (unpaired) electrons. The number of carboxylic acid groups (broad SMARTS) is 1. The van der Waals surface area contributed by atoms with E-state index in [-0.39, 0.29) is 6.10 Å². The summed E-state index contributed by atoms with van der Waals surface area (Å²) in [5.74, 6) is -0.899. The summed E-state index contributed by atoms with van der Waals surface area (Å²) in [6.45, 7) is 4.77. The Morgan fingerprint density at radius 3 is 2.89 bits per heavy atom. The van der Waals surface area contributed by atoms with E-state index in [0.29, 0.717) is 11.7 Å². The fourth-order valence-electron chi connectivity index (χ4n) is 2.20. The smallest absolute Gasteiger partial charge is 0.335 e. The quantitative estimate of drug-likeness (QED) is 0.861. The van der Waals surface area contributed by atoms with Crippen LogP contribution in [0.4, 0.5) is 5.69 Å². The number of rotatable bonds is 4. The van der Waals surface area contributed by atoms with Crippen molar-refractivity contribution in [2.24, 2.45) is 0 Å². The average molecular weight is 249 g/mol. The average Bonchev–Trinajstić information content (AvgIpc) is 2.74. The van der Waals surface area contributed by atoms with Gasteiger partial charge in [0.15, 0.2) is 0 Å². The summed E-state index contributed by atoms with van der Waals surface area (Å²) in [5.41, 5.74) is 2.23. The van der Waals surface area contributed by atoms with Crippen molar-refractivity contribution < 1.29 is 14.6 Å². The molecule has 0 spiro atoms. The lowest BCUT2D eigenvalue weighted by molar-refractivity contribution is 0.0637. The van der Waals surface area contributed by atoms with Gasteiger partial charge in [-0.3, -0.25) is 0 Å². The first-order chi connectivity index (χ1) is 8.56. The van der Waals surface area contributed by atoms with Gasteiger partial charge in [-0.15, -0.1) is 0 Å². The van der Waals surface area contributed by atoms with Gasteiger partial charge in [-0.1, -0.05) is 6.07 Å². The van der Waals surface area contributed by atoms with Crippen LogP contribution in [0.2, 0.25) is 0 Å². The molecule has 2 atom stereocenters. The lowest BCUT2D eigenvalue weighted by Crippen LogP contribution is -2.20. The Hall–Kier alpha value is -1.55. The van der Waals surface area contributed by atoms with E-state index in [4.69, 9.17) is 9.84 Å². The lowest BCUT2D eigenvalue weighted by atomic mass is 10.1. The topological polar surface area (TPSA) is 58.6 Å². The highest BCUT2D eigenvalue weighted by molar-refractivity contribution is 5.89. The van der Waals surface area contributed by atoms with Crippen LogP contribution in [0.1, 0.15) is 35.7 Å². The number of aromatic carboxylic acids is 1. The molecule has 1 aliphatic heterocycles. The van der Waals surface area contributed by atoms with Crippen LogP contribution in [-0.2, 0) is 4.74 Å². The third-order valence-electron chi connectivity index (χ3n) is 3.32. The van der Waals surface area contributed by atoms with E-state index in [0.717, 1.165) is 30.6 Å². The summed E-state index contributed by atoms with van der Waals surface area (Å²) in [4.78, 5) is 10.9. The number of ether oxygens (including phenoxy) is 1. The molecule has 1 heterocycles. The number of nitrogens with one attached hydrogen (secondary N) is 1. The maximum Gasteiger partial charge on any atom is 0.335 e. The minimum atomic E-state index is -0.899. The first-order valence-corrected chi connectivity index (χ1v) is 6.29. The number of benzene rings is 1. The Balaban J connectivity index is 2.00. The van der Waals surface area contributed by atoms with Crippen molar-refractivity contribution in [3.63, 3.8) is 0 Å². The minimum Gasteiger partial charge on any atom is -0.478 e. The van der Waals surface area contributed by atoms with E-state index in [1.54, 1.807) is 12.1 Å². The minimum absolute atomic E-state index is 0.230. The number of carboxylic acids is 1. The second kappa shape index (κ2) is 5.40. The van der Waals surface area contributed by atoms with Crippen LogP contribution >= 0.6 is 0 Å². The molecule has 0 aromatic heterocycles. The van der Waals surface area contributed by atoms with Crippen LogP contribution in [0.25, 0.3) is 0 Å². The van der Waals surface area contributed by atoms with Gasteiger partial charge in [-0.05, 0) is 44.4 Å². The lowest BCUT2D eigenvalue weighted by Gasteiger charge is -2.15. The molecule has 0 saturated carbocycles. The van der Waals surface area contributed by atoms with Crippen LogP contribution in [0.15, 0.2) is 18.2 Å². The molecule has 18 heavy (non-hydrogen) atoms. The van der Waals surface area contributed by atoms with Gasteiger partial charge in [0.25, 0.3) is 0 Å². The summed E-state index contributed by atoms with van der Waals surface area (Å²) in [5, 5.41) is 12.2. The van der Waals surface area contributed by atoms with Gasteiger partial charge in [0.2, 0.25) is 0 Å². The highest BCUT2D eigenvalue weighted by Crippen LogP contribution is 2.21. The summed E-state index contributed by atoms with van der Waals surface area (Å²) in [7, 11) is 0. The zero-order valence-electron chi connectivity index (χ0n) is 10.8. The zero-order valence-corrected chi connectivity index (χ0v) is 10.8. The molecule has 1 aliphatic rings. The highest BCUT2D eigenvalue weighted by Gasteiger charge is 2.21. The molecule has 2 N–H and O–H groups in total. The molecule has 0 bridgehead atoms. The van der Waals surface area contributed by atoms with Crippen molar-refractivity contribution in [3.05, 3.63) is 29.3 Å². The number of hydrogen-bond acceptors (Lipinski definition) is 3. The van der Waals surface area contributed by atoms with Crippen molar-refractivity contribution in [1.29, 1.82) is 0 Å².